The summed E-state index contributed by atoms with van der Waals surface area (Å²) < 4.78 is 0. The zero-order valence-corrected chi connectivity index (χ0v) is 10.3. The Labute approximate surface area is 107 Å². The maximum Gasteiger partial charge on any atom is 0.0709 e. The second-order valence-electron chi connectivity index (χ2n) is 4.48. The molecule has 0 bridgehead atoms. The molecule has 1 aliphatic rings. The number of pyridine rings is 1. The molecule has 3 aromatic rings. The highest BCUT2D eigenvalue weighted by Crippen LogP contribution is 2.18. The first-order valence-corrected chi connectivity index (χ1v) is 6.39. The van der Waals surface area contributed by atoms with Gasteiger partial charge in [0, 0.05) is 10.8 Å². The van der Waals surface area contributed by atoms with Gasteiger partial charge in [-0.1, -0.05) is 36.4 Å². The van der Waals surface area contributed by atoms with Gasteiger partial charge in [-0.15, -0.1) is 0 Å². The van der Waals surface area contributed by atoms with E-state index in [1.165, 1.54) is 30.3 Å². The highest BCUT2D eigenvalue weighted by molar-refractivity contribution is 5.92. The lowest BCUT2D eigenvalue weighted by Gasteiger charge is -2.09. The van der Waals surface area contributed by atoms with E-state index >= 15 is 0 Å². The number of rotatable bonds is 0. The van der Waals surface area contributed by atoms with Crippen LogP contribution in [0.3, 0.4) is 0 Å². The molecule has 0 saturated carbocycles. The minimum Gasteiger partial charge on any atom is -0.317 e. The standard InChI is InChI=1S/C13H9N.C3H7N/c1-3-7-12-10(5-1)9-11-6-2-4-8-13(11)14-12;1-2-4-3-1/h1-9H;4H,1-3H2. The van der Waals surface area contributed by atoms with E-state index in [1.54, 1.807) is 0 Å². The van der Waals surface area contributed by atoms with E-state index in [0.717, 1.165) is 11.0 Å². The van der Waals surface area contributed by atoms with Gasteiger partial charge in [0.05, 0.1) is 11.0 Å². The van der Waals surface area contributed by atoms with Crippen molar-refractivity contribution in [3.63, 3.8) is 0 Å². The second kappa shape index (κ2) is 5.15. The molecule has 90 valence electrons. The van der Waals surface area contributed by atoms with Crippen LogP contribution in [-0.2, 0) is 0 Å². The lowest BCUT2D eigenvalue weighted by atomic mass is 10.1. The quantitative estimate of drug-likeness (QED) is 0.605. The fourth-order valence-electron chi connectivity index (χ4n) is 1.90. The fraction of sp³-hybridized carbons (Fsp3) is 0.188. The number of aromatic nitrogens is 1. The smallest absolute Gasteiger partial charge is 0.0709 e. The maximum atomic E-state index is 4.58. The Morgan fingerprint density at radius 3 is 1.67 bits per heavy atom. The van der Waals surface area contributed by atoms with Gasteiger partial charge in [0.15, 0.2) is 0 Å². The van der Waals surface area contributed by atoms with Crippen LogP contribution in [0.25, 0.3) is 21.8 Å². The summed E-state index contributed by atoms with van der Waals surface area (Å²) in [5.74, 6) is 0. The van der Waals surface area contributed by atoms with Crippen LogP contribution in [0.2, 0.25) is 0 Å². The van der Waals surface area contributed by atoms with Gasteiger partial charge in [0.25, 0.3) is 0 Å². The number of nitrogens with one attached hydrogen (secondary N) is 1. The van der Waals surface area contributed by atoms with Crippen LogP contribution in [0.5, 0.6) is 0 Å². The van der Waals surface area contributed by atoms with Crippen molar-refractivity contribution in [1.82, 2.24) is 10.3 Å². The first-order chi connectivity index (χ1) is 8.93. The molecule has 0 atom stereocenters. The topological polar surface area (TPSA) is 24.9 Å². The first-order valence-electron chi connectivity index (χ1n) is 6.39. The van der Waals surface area contributed by atoms with Crippen molar-refractivity contribution in [2.24, 2.45) is 0 Å². The highest BCUT2D eigenvalue weighted by atomic mass is 14.9. The lowest BCUT2D eigenvalue weighted by molar-refractivity contribution is 0.527. The molecule has 18 heavy (non-hydrogen) atoms. The summed E-state index contributed by atoms with van der Waals surface area (Å²) in [5, 5.41) is 5.51. The van der Waals surface area contributed by atoms with E-state index in [0.29, 0.717) is 0 Å². The number of nitrogens with zero attached hydrogens (tertiary/aromatic N) is 1. The molecule has 2 heteroatoms. The molecule has 2 aromatic carbocycles. The van der Waals surface area contributed by atoms with Crippen LogP contribution in [0.4, 0.5) is 0 Å². The van der Waals surface area contributed by atoms with E-state index in [-0.39, 0.29) is 0 Å². The van der Waals surface area contributed by atoms with Crippen molar-refractivity contribution in [3.05, 3.63) is 54.6 Å². The SMILES string of the molecule is C1CNC1.c1ccc2nc3ccccc3cc2c1. The average Bonchev–Trinajstić information content (AvgIpc) is 2.34. The van der Waals surface area contributed by atoms with Crippen molar-refractivity contribution in [3.8, 4) is 0 Å². The monoisotopic (exact) mass is 236 g/mol. The molecule has 1 aliphatic heterocycles. The van der Waals surface area contributed by atoms with Gasteiger partial charge in [0.2, 0.25) is 0 Å². The Kier molecular flexibility index (Phi) is 3.20. The first kappa shape index (κ1) is 11.2. The minimum absolute atomic E-state index is 1.06. The molecular weight excluding hydrogens is 220 g/mol. The van der Waals surface area contributed by atoms with E-state index in [2.05, 4.69) is 28.5 Å². The molecule has 0 spiro atoms. The third-order valence-corrected chi connectivity index (χ3v) is 3.13. The largest absolute Gasteiger partial charge is 0.317 e. The van der Waals surface area contributed by atoms with Crippen LogP contribution in [0.1, 0.15) is 6.42 Å². The number of fused-ring (bicyclic) bond motifs is 2. The predicted octanol–water partition coefficient (Wildman–Crippen LogP) is 3.37. The number of hydrogen-bond donors (Lipinski definition) is 1. The highest BCUT2D eigenvalue weighted by Gasteiger charge is 1.96. The van der Waals surface area contributed by atoms with Gasteiger partial charge in [-0.3, -0.25) is 0 Å². The van der Waals surface area contributed by atoms with Gasteiger partial charge < -0.3 is 5.32 Å². The molecule has 2 heterocycles. The third-order valence-electron chi connectivity index (χ3n) is 3.13. The van der Waals surface area contributed by atoms with Crippen LogP contribution in [0.15, 0.2) is 54.6 Å². The van der Waals surface area contributed by atoms with Gasteiger partial charge in [0.1, 0.15) is 0 Å². The van der Waals surface area contributed by atoms with Crippen LogP contribution < -0.4 is 5.32 Å². The molecule has 0 amide bonds. The van der Waals surface area contributed by atoms with Crippen LogP contribution in [0, 0.1) is 0 Å². The van der Waals surface area contributed by atoms with Gasteiger partial charge in [-0.2, -0.15) is 0 Å². The summed E-state index contributed by atoms with van der Waals surface area (Å²) in [6.45, 7) is 2.50. The second-order valence-corrected chi connectivity index (χ2v) is 4.48. The Morgan fingerprint density at radius 2 is 1.22 bits per heavy atom. The van der Waals surface area contributed by atoms with Crippen LogP contribution >= 0.6 is 0 Å². The number of hydrogen-bond acceptors (Lipinski definition) is 2. The molecule has 4 rings (SSSR count). The summed E-state index contributed by atoms with van der Waals surface area (Å²) in [5.41, 5.74) is 2.12. The molecule has 0 radical (unpaired) electrons. The molecular formula is C16H16N2. The summed E-state index contributed by atoms with van der Waals surface area (Å²) in [4.78, 5) is 4.58. The lowest BCUT2D eigenvalue weighted by Crippen LogP contribution is -2.29. The zero-order valence-electron chi connectivity index (χ0n) is 10.3. The average molecular weight is 236 g/mol. The predicted molar refractivity (Wildman–Crippen MR) is 76.7 cm³/mol. The van der Waals surface area contributed by atoms with Crippen molar-refractivity contribution < 1.29 is 0 Å². The van der Waals surface area contributed by atoms with E-state index in [9.17, 15) is 0 Å². The minimum atomic E-state index is 1.06. The van der Waals surface area contributed by atoms with Crippen molar-refractivity contribution in [2.45, 2.75) is 6.42 Å². The van der Waals surface area contributed by atoms with Gasteiger partial charge in [-0.05, 0) is 37.7 Å². The molecule has 1 N–H and O–H groups in total. The molecule has 2 nitrogen and oxygen atoms in total. The van der Waals surface area contributed by atoms with Crippen LogP contribution in [-0.4, -0.2) is 18.1 Å². The normalized spacial score (nSPS) is 13.8. The van der Waals surface area contributed by atoms with E-state index in [1.807, 2.05) is 36.4 Å². The van der Waals surface area contributed by atoms with E-state index in [4.69, 9.17) is 0 Å². The molecule has 0 aliphatic carbocycles. The number of para-hydroxylation sites is 2. The summed E-state index contributed by atoms with van der Waals surface area (Å²) in [7, 11) is 0. The number of benzene rings is 2. The van der Waals surface area contributed by atoms with Gasteiger partial charge in [-0.25, -0.2) is 4.98 Å². The Hall–Kier alpha value is -1.93. The summed E-state index contributed by atoms with van der Waals surface area (Å²) >= 11 is 0. The molecule has 1 fully saturated rings. The van der Waals surface area contributed by atoms with Crippen molar-refractivity contribution in [1.29, 1.82) is 0 Å². The molecule has 0 unspecified atom stereocenters. The zero-order chi connectivity index (χ0) is 12.2. The molecule has 1 aromatic heterocycles. The fourth-order valence-corrected chi connectivity index (χ4v) is 1.90. The van der Waals surface area contributed by atoms with Crippen molar-refractivity contribution in [2.75, 3.05) is 13.1 Å². The Balaban J connectivity index is 0.000000214. The third kappa shape index (κ3) is 2.34. The Morgan fingerprint density at radius 1 is 0.778 bits per heavy atom. The van der Waals surface area contributed by atoms with Gasteiger partial charge >= 0.3 is 0 Å². The Bertz CT molecular complexity index is 548. The molecule has 1 saturated heterocycles. The van der Waals surface area contributed by atoms with E-state index < -0.39 is 0 Å². The summed E-state index contributed by atoms with van der Waals surface area (Å²) in [6.07, 6.45) is 1.39. The maximum absolute atomic E-state index is 4.58. The summed E-state index contributed by atoms with van der Waals surface area (Å²) in [6, 6.07) is 18.6. The van der Waals surface area contributed by atoms with Crippen molar-refractivity contribution >= 4 is 21.8 Å².